The Balaban J connectivity index is 1.99. The molecule has 0 saturated heterocycles. The van der Waals surface area contributed by atoms with Gasteiger partial charge in [0.15, 0.2) is 0 Å². The summed E-state index contributed by atoms with van der Waals surface area (Å²) in [6, 6.07) is 4.80. The molecule has 0 heterocycles. The van der Waals surface area contributed by atoms with E-state index >= 15 is 0 Å². The number of rotatable bonds is 4. The standard InChI is InChI=1S/C12H12Cl3NO/c13-6-12(1-2-12)7-16-11(17)8-3-9(14)5-10(15)4-8/h3-5H,1-2,6-7H2,(H,16,17). The fourth-order valence-electron chi connectivity index (χ4n) is 1.59. The lowest BCUT2D eigenvalue weighted by molar-refractivity contribution is 0.0946. The summed E-state index contributed by atoms with van der Waals surface area (Å²) in [6.07, 6.45) is 2.15. The van der Waals surface area contributed by atoms with Crippen LogP contribution in [-0.2, 0) is 0 Å². The Morgan fingerprint density at radius 1 is 1.24 bits per heavy atom. The molecule has 92 valence electrons. The third-order valence-electron chi connectivity index (χ3n) is 2.99. The molecule has 1 N–H and O–H groups in total. The van der Waals surface area contributed by atoms with Gasteiger partial charge in [-0.25, -0.2) is 0 Å². The van der Waals surface area contributed by atoms with Gasteiger partial charge in [0.25, 0.3) is 5.91 Å². The first-order valence-electron chi connectivity index (χ1n) is 5.35. The lowest BCUT2D eigenvalue weighted by Crippen LogP contribution is -2.30. The number of nitrogens with one attached hydrogen (secondary N) is 1. The Morgan fingerprint density at radius 2 is 1.82 bits per heavy atom. The summed E-state index contributed by atoms with van der Waals surface area (Å²) in [5.74, 6) is 0.426. The number of amides is 1. The third-order valence-corrected chi connectivity index (χ3v) is 3.99. The van der Waals surface area contributed by atoms with E-state index < -0.39 is 0 Å². The molecule has 0 unspecified atom stereocenters. The fraction of sp³-hybridized carbons (Fsp3) is 0.417. The highest BCUT2D eigenvalue weighted by Gasteiger charge is 2.41. The molecule has 0 aromatic heterocycles. The molecule has 1 saturated carbocycles. The summed E-state index contributed by atoms with van der Waals surface area (Å²) in [5, 5.41) is 3.79. The molecule has 1 aromatic carbocycles. The molecule has 1 aliphatic carbocycles. The minimum atomic E-state index is -0.161. The van der Waals surface area contributed by atoms with Crippen LogP contribution in [-0.4, -0.2) is 18.3 Å². The van der Waals surface area contributed by atoms with Crippen molar-refractivity contribution in [1.29, 1.82) is 0 Å². The van der Waals surface area contributed by atoms with E-state index in [0.29, 0.717) is 28.0 Å². The molecule has 0 aliphatic heterocycles. The van der Waals surface area contributed by atoms with Crippen molar-refractivity contribution in [3.8, 4) is 0 Å². The Hall–Kier alpha value is -0.440. The van der Waals surface area contributed by atoms with Crippen LogP contribution in [0.3, 0.4) is 0 Å². The van der Waals surface area contributed by atoms with Gasteiger partial charge in [-0.15, -0.1) is 11.6 Å². The van der Waals surface area contributed by atoms with E-state index in [1.807, 2.05) is 0 Å². The van der Waals surface area contributed by atoms with Crippen LogP contribution in [0.1, 0.15) is 23.2 Å². The molecule has 0 radical (unpaired) electrons. The van der Waals surface area contributed by atoms with Gasteiger partial charge >= 0.3 is 0 Å². The quantitative estimate of drug-likeness (QED) is 0.842. The zero-order chi connectivity index (χ0) is 12.5. The molecule has 0 atom stereocenters. The summed E-state index contributed by atoms with van der Waals surface area (Å²) >= 11 is 17.5. The predicted octanol–water partition coefficient (Wildman–Crippen LogP) is 3.74. The predicted molar refractivity (Wildman–Crippen MR) is 71.2 cm³/mol. The number of carbonyl (C=O) groups is 1. The van der Waals surface area contributed by atoms with Gasteiger partial charge < -0.3 is 5.32 Å². The molecule has 0 bridgehead atoms. The smallest absolute Gasteiger partial charge is 0.251 e. The first-order chi connectivity index (χ1) is 8.04. The van der Waals surface area contributed by atoms with E-state index in [0.717, 1.165) is 12.8 Å². The maximum Gasteiger partial charge on any atom is 0.251 e. The third kappa shape index (κ3) is 3.27. The molecule has 17 heavy (non-hydrogen) atoms. The van der Waals surface area contributed by atoms with Gasteiger partial charge in [0, 0.05) is 33.4 Å². The van der Waals surface area contributed by atoms with Crippen LogP contribution in [0, 0.1) is 5.41 Å². The van der Waals surface area contributed by atoms with Gasteiger partial charge in [0.1, 0.15) is 0 Å². The van der Waals surface area contributed by atoms with Crippen LogP contribution in [0.5, 0.6) is 0 Å². The Bertz CT molecular complexity index is 423. The lowest BCUT2D eigenvalue weighted by atomic mass is 10.1. The maximum atomic E-state index is 11.9. The Morgan fingerprint density at radius 3 is 2.29 bits per heavy atom. The van der Waals surface area contributed by atoms with Gasteiger partial charge in [0.05, 0.1) is 0 Å². The van der Waals surface area contributed by atoms with Crippen molar-refractivity contribution < 1.29 is 4.79 Å². The highest BCUT2D eigenvalue weighted by atomic mass is 35.5. The largest absolute Gasteiger partial charge is 0.351 e. The van der Waals surface area contributed by atoms with Crippen molar-refractivity contribution in [2.24, 2.45) is 5.41 Å². The van der Waals surface area contributed by atoms with Crippen LogP contribution >= 0.6 is 34.8 Å². The molecular formula is C12H12Cl3NO. The molecule has 1 fully saturated rings. The van der Waals surface area contributed by atoms with Crippen molar-refractivity contribution in [3.63, 3.8) is 0 Å². The number of hydrogen-bond acceptors (Lipinski definition) is 1. The van der Waals surface area contributed by atoms with Crippen LogP contribution in [0.4, 0.5) is 0 Å². The van der Waals surface area contributed by atoms with Crippen molar-refractivity contribution in [1.82, 2.24) is 5.32 Å². The average Bonchev–Trinajstić information content (AvgIpc) is 3.05. The van der Waals surface area contributed by atoms with Crippen molar-refractivity contribution in [2.75, 3.05) is 12.4 Å². The number of alkyl halides is 1. The second-order valence-electron chi connectivity index (χ2n) is 4.47. The van der Waals surface area contributed by atoms with E-state index in [2.05, 4.69) is 5.32 Å². The fourth-order valence-corrected chi connectivity index (χ4v) is 2.48. The normalized spacial score (nSPS) is 16.6. The number of hydrogen-bond donors (Lipinski definition) is 1. The zero-order valence-electron chi connectivity index (χ0n) is 9.10. The Kier molecular flexibility index (Phi) is 3.86. The summed E-state index contributed by atoms with van der Waals surface area (Å²) in [5.41, 5.74) is 0.590. The van der Waals surface area contributed by atoms with Gasteiger partial charge in [-0.2, -0.15) is 0 Å². The molecule has 1 amide bonds. The molecule has 2 rings (SSSR count). The van der Waals surface area contributed by atoms with Gasteiger partial charge in [0.2, 0.25) is 0 Å². The van der Waals surface area contributed by atoms with Crippen LogP contribution in [0.25, 0.3) is 0 Å². The van der Waals surface area contributed by atoms with E-state index in [1.54, 1.807) is 18.2 Å². The molecule has 0 spiro atoms. The van der Waals surface area contributed by atoms with Crippen molar-refractivity contribution in [3.05, 3.63) is 33.8 Å². The molecular weight excluding hydrogens is 280 g/mol. The lowest BCUT2D eigenvalue weighted by Gasteiger charge is -2.12. The molecule has 1 aliphatic rings. The van der Waals surface area contributed by atoms with Crippen LogP contribution in [0.15, 0.2) is 18.2 Å². The number of halogens is 3. The van der Waals surface area contributed by atoms with E-state index in [4.69, 9.17) is 34.8 Å². The average molecular weight is 293 g/mol. The van der Waals surface area contributed by atoms with E-state index in [1.165, 1.54) is 0 Å². The van der Waals surface area contributed by atoms with Gasteiger partial charge in [-0.05, 0) is 31.0 Å². The summed E-state index contributed by atoms with van der Waals surface area (Å²) in [7, 11) is 0. The van der Waals surface area contributed by atoms with Gasteiger partial charge in [-0.3, -0.25) is 4.79 Å². The van der Waals surface area contributed by atoms with Crippen LogP contribution in [0.2, 0.25) is 10.0 Å². The summed E-state index contributed by atoms with van der Waals surface area (Å²) < 4.78 is 0. The zero-order valence-corrected chi connectivity index (χ0v) is 11.4. The summed E-state index contributed by atoms with van der Waals surface area (Å²) in [6.45, 7) is 0.611. The SMILES string of the molecule is O=C(NCC1(CCl)CC1)c1cc(Cl)cc(Cl)c1. The molecule has 2 nitrogen and oxygen atoms in total. The van der Waals surface area contributed by atoms with Crippen molar-refractivity contribution in [2.45, 2.75) is 12.8 Å². The highest BCUT2D eigenvalue weighted by Crippen LogP contribution is 2.45. The second-order valence-corrected chi connectivity index (χ2v) is 5.61. The summed E-state index contributed by atoms with van der Waals surface area (Å²) in [4.78, 5) is 11.9. The maximum absolute atomic E-state index is 11.9. The Labute approximate surface area is 115 Å². The number of carbonyl (C=O) groups excluding carboxylic acids is 1. The van der Waals surface area contributed by atoms with E-state index in [-0.39, 0.29) is 11.3 Å². The van der Waals surface area contributed by atoms with Crippen molar-refractivity contribution >= 4 is 40.7 Å². The van der Waals surface area contributed by atoms with E-state index in [9.17, 15) is 4.79 Å². The second kappa shape index (κ2) is 5.05. The molecule has 1 aromatic rings. The number of benzene rings is 1. The minimum Gasteiger partial charge on any atom is -0.351 e. The van der Waals surface area contributed by atoms with Crippen LogP contribution < -0.4 is 5.32 Å². The highest BCUT2D eigenvalue weighted by molar-refractivity contribution is 6.35. The first-order valence-corrected chi connectivity index (χ1v) is 6.64. The molecule has 5 heteroatoms. The monoisotopic (exact) mass is 291 g/mol. The van der Waals surface area contributed by atoms with Gasteiger partial charge in [-0.1, -0.05) is 23.2 Å². The minimum absolute atomic E-state index is 0.111. The first kappa shape index (κ1) is 13.0. The topological polar surface area (TPSA) is 29.1 Å².